The molecule has 1 aliphatic heterocycles. The lowest BCUT2D eigenvalue weighted by atomic mass is 9.94. The number of amides is 1. The third kappa shape index (κ3) is 2.31. The number of rotatable bonds is 2. The molecule has 1 aromatic heterocycles. The largest absolute Gasteiger partial charge is 0.377 e. The summed E-state index contributed by atoms with van der Waals surface area (Å²) in [6, 6.07) is 7.82. The van der Waals surface area contributed by atoms with Crippen molar-refractivity contribution in [2.45, 2.75) is 25.4 Å². The lowest BCUT2D eigenvalue weighted by Crippen LogP contribution is -2.49. The molecule has 2 heterocycles. The molecule has 0 bridgehead atoms. The summed E-state index contributed by atoms with van der Waals surface area (Å²) < 4.78 is 5.55. The Morgan fingerprint density at radius 3 is 3.05 bits per heavy atom. The van der Waals surface area contributed by atoms with Gasteiger partial charge < -0.3 is 14.6 Å². The third-order valence-electron chi connectivity index (χ3n) is 4.24. The minimum Gasteiger partial charge on any atom is -0.377 e. The maximum absolute atomic E-state index is 12.6. The number of hydrogen-bond acceptors (Lipinski definition) is 2. The van der Waals surface area contributed by atoms with Crippen LogP contribution in [0.5, 0.6) is 0 Å². The Morgan fingerprint density at radius 2 is 2.25 bits per heavy atom. The maximum Gasteiger partial charge on any atom is 0.254 e. The molecule has 1 aromatic carbocycles. The number of nitrogens with zero attached hydrogens (tertiary/aromatic N) is 1. The first-order valence-electron chi connectivity index (χ1n) is 7.03. The second kappa shape index (κ2) is 4.94. The number of hydrogen-bond donors (Lipinski definition) is 1. The van der Waals surface area contributed by atoms with E-state index in [9.17, 15) is 4.79 Å². The SMILES string of the molecule is COC1(C)CCCN(C(=O)c2ccc3cc[nH]c3c2)C1. The van der Waals surface area contributed by atoms with Crippen LogP contribution < -0.4 is 0 Å². The number of piperidine rings is 1. The van der Waals surface area contributed by atoms with Crippen molar-refractivity contribution in [1.82, 2.24) is 9.88 Å². The highest BCUT2D eigenvalue weighted by molar-refractivity contribution is 5.98. The van der Waals surface area contributed by atoms with E-state index in [4.69, 9.17) is 4.74 Å². The zero-order chi connectivity index (χ0) is 14.2. The lowest BCUT2D eigenvalue weighted by Gasteiger charge is -2.39. The average Bonchev–Trinajstić information content (AvgIpc) is 2.94. The molecule has 1 fully saturated rings. The van der Waals surface area contributed by atoms with Gasteiger partial charge in [0.1, 0.15) is 0 Å². The molecule has 1 unspecified atom stereocenters. The number of ether oxygens (including phenoxy) is 1. The summed E-state index contributed by atoms with van der Waals surface area (Å²) in [7, 11) is 1.72. The Kier molecular flexibility index (Phi) is 3.26. The van der Waals surface area contributed by atoms with Gasteiger partial charge in [-0.1, -0.05) is 6.07 Å². The fourth-order valence-electron chi connectivity index (χ4n) is 2.91. The van der Waals surface area contributed by atoms with Crippen LogP contribution >= 0.6 is 0 Å². The van der Waals surface area contributed by atoms with E-state index >= 15 is 0 Å². The van der Waals surface area contributed by atoms with Gasteiger partial charge in [0.15, 0.2) is 0 Å². The highest BCUT2D eigenvalue weighted by atomic mass is 16.5. The number of aromatic amines is 1. The standard InChI is InChI=1S/C16H20N2O2/c1-16(20-2)7-3-9-18(11-16)15(19)13-5-4-12-6-8-17-14(12)10-13/h4-6,8,10,17H,3,7,9,11H2,1-2H3. The number of nitrogens with one attached hydrogen (secondary N) is 1. The van der Waals surface area contributed by atoms with Crippen molar-refractivity contribution in [3.05, 3.63) is 36.0 Å². The molecule has 106 valence electrons. The minimum absolute atomic E-state index is 0.0875. The molecule has 0 spiro atoms. The molecule has 4 nitrogen and oxygen atoms in total. The Labute approximate surface area is 118 Å². The number of likely N-dealkylation sites (tertiary alicyclic amines) is 1. The smallest absolute Gasteiger partial charge is 0.254 e. The van der Waals surface area contributed by atoms with E-state index in [1.807, 2.05) is 35.4 Å². The number of fused-ring (bicyclic) bond motifs is 1. The summed E-state index contributed by atoms with van der Waals surface area (Å²) in [5.41, 5.74) is 1.52. The van der Waals surface area contributed by atoms with Gasteiger partial charge in [0.25, 0.3) is 5.91 Å². The number of methoxy groups -OCH3 is 1. The van der Waals surface area contributed by atoms with Gasteiger partial charge in [-0.05, 0) is 43.4 Å². The van der Waals surface area contributed by atoms with Crippen molar-refractivity contribution in [2.24, 2.45) is 0 Å². The topological polar surface area (TPSA) is 45.3 Å². The van der Waals surface area contributed by atoms with E-state index < -0.39 is 0 Å². The predicted octanol–water partition coefficient (Wildman–Crippen LogP) is 2.81. The van der Waals surface area contributed by atoms with Crippen molar-refractivity contribution in [3.8, 4) is 0 Å². The molecule has 3 rings (SSSR count). The van der Waals surface area contributed by atoms with E-state index in [2.05, 4.69) is 11.9 Å². The highest BCUT2D eigenvalue weighted by Crippen LogP contribution is 2.25. The first-order chi connectivity index (χ1) is 9.61. The fraction of sp³-hybridized carbons (Fsp3) is 0.438. The van der Waals surface area contributed by atoms with Crippen LogP contribution in [-0.2, 0) is 4.74 Å². The van der Waals surface area contributed by atoms with Gasteiger partial charge in [-0.25, -0.2) is 0 Å². The van der Waals surface area contributed by atoms with Crippen molar-refractivity contribution < 1.29 is 9.53 Å². The number of aromatic nitrogens is 1. The van der Waals surface area contributed by atoms with Gasteiger partial charge in [-0.2, -0.15) is 0 Å². The first-order valence-corrected chi connectivity index (χ1v) is 7.03. The van der Waals surface area contributed by atoms with Crippen molar-refractivity contribution in [2.75, 3.05) is 20.2 Å². The summed E-state index contributed by atoms with van der Waals surface area (Å²) in [5.74, 6) is 0.0875. The van der Waals surface area contributed by atoms with Crippen LogP contribution in [0.2, 0.25) is 0 Å². The molecule has 0 radical (unpaired) electrons. The molecule has 1 atom stereocenters. The van der Waals surface area contributed by atoms with E-state index in [-0.39, 0.29) is 11.5 Å². The Bertz CT molecular complexity index is 634. The summed E-state index contributed by atoms with van der Waals surface area (Å²) in [6.07, 6.45) is 3.88. The van der Waals surface area contributed by atoms with Gasteiger partial charge in [0.05, 0.1) is 5.60 Å². The van der Waals surface area contributed by atoms with Gasteiger partial charge in [0, 0.05) is 37.5 Å². The quantitative estimate of drug-likeness (QED) is 0.913. The Balaban J connectivity index is 1.84. The second-order valence-corrected chi connectivity index (χ2v) is 5.76. The second-order valence-electron chi connectivity index (χ2n) is 5.76. The van der Waals surface area contributed by atoms with Gasteiger partial charge in [-0.3, -0.25) is 4.79 Å². The molecule has 0 saturated carbocycles. The molecule has 4 heteroatoms. The molecular weight excluding hydrogens is 252 g/mol. The van der Waals surface area contributed by atoms with Crippen molar-refractivity contribution in [1.29, 1.82) is 0 Å². The molecule has 1 amide bonds. The monoisotopic (exact) mass is 272 g/mol. The van der Waals surface area contributed by atoms with Crippen molar-refractivity contribution in [3.63, 3.8) is 0 Å². The zero-order valence-electron chi connectivity index (χ0n) is 12.0. The Hall–Kier alpha value is -1.81. The van der Waals surface area contributed by atoms with E-state index in [0.717, 1.165) is 35.9 Å². The van der Waals surface area contributed by atoms with Gasteiger partial charge in [-0.15, -0.1) is 0 Å². The average molecular weight is 272 g/mol. The predicted molar refractivity (Wildman–Crippen MR) is 78.9 cm³/mol. The van der Waals surface area contributed by atoms with Crippen LogP contribution in [0.4, 0.5) is 0 Å². The van der Waals surface area contributed by atoms with E-state index in [0.29, 0.717) is 6.54 Å². The minimum atomic E-state index is -0.218. The lowest BCUT2D eigenvalue weighted by molar-refractivity contribution is -0.0440. The van der Waals surface area contributed by atoms with Crippen LogP contribution in [0.1, 0.15) is 30.1 Å². The Morgan fingerprint density at radius 1 is 1.40 bits per heavy atom. The van der Waals surface area contributed by atoms with Gasteiger partial charge >= 0.3 is 0 Å². The van der Waals surface area contributed by atoms with E-state index in [1.54, 1.807) is 7.11 Å². The number of H-pyrrole nitrogens is 1. The fourth-order valence-corrected chi connectivity index (χ4v) is 2.91. The summed E-state index contributed by atoms with van der Waals surface area (Å²) in [6.45, 7) is 3.53. The summed E-state index contributed by atoms with van der Waals surface area (Å²) >= 11 is 0. The molecular formula is C16H20N2O2. The number of carbonyl (C=O) groups is 1. The maximum atomic E-state index is 12.6. The zero-order valence-corrected chi connectivity index (χ0v) is 12.0. The summed E-state index contributed by atoms with van der Waals surface area (Å²) in [5, 5.41) is 1.13. The van der Waals surface area contributed by atoms with Gasteiger partial charge in [0.2, 0.25) is 0 Å². The van der Waals surface area contributed by atoms with E-state index in [1.165, 1.54) is 0 Å². The molecule has 20 heavy (non-hydrogen) atoms. The van der Waals surface area contributed by atoms with Crippen LogP contribution in [0.3, 0.4) is 0 Å². The third-order valence-corrected chi connectivity index (χ3v) is 4.24. The number of benzene rings is 1. The summed E-state index contributed by atoms with van der Waals surface area (Å²) in [4.78, 5) is 17.7. The molecule has 1 saturated heterocycles. The molecule has 1 aliphatic rings. The first kappa shape index (κ1) is 13.2. The van der Waals surface area contributed by atoms with Crippen LogP contribution in [0.25, 0.3) is 10.9 Å². The number of carbonyl (C=O) groups excluding carboxylic acids is 1. The van der Waals surface area contributed by atoms with Crippen LogP contribution in [-0.4, -0.2) is 41.6 Å². The normalized spacial score (nSPS) is 23.2. The molecule has 0 aliphatic carbocycles. The van der Waals surface area contributed by atoms with Crippen LogP contribution in [0, 0.1) is 0 Å². The highest BCUT2D eigenvalue weighted by Gasteiger charge is 2.33. The van der Waals surface area contributed by atoms with Crippen molar-refractivity contribution >= 4 is 16.8 Å². The van der Waals surface area contributed by atoms with Crippen LogP contribution in [0.15, 0.2) is 30.5 Å². The molecule has 1 N–H and O–H groups in total. The molecule has 2 aromatic rings.